The molecule has 1 heterocycles. The predicted octanol–water partition coefficient (Wildman–Crippen LogP) is 4.70. The van der Waals surface area contributed by atoms with Crippen LogP contribution in [0.4, 0.5) is 4.39 Å². The summed E-state index contributed by atoms with van der Waals surface area (Å²) in [4.78, 5) is 16.9. The topological polar surface area (TPSA) is 20.3 Å². The first kappa shape index (κ1) is 14.9. The molecule has 2 aliphatic carbocycles. The van der Waals surface area contributed by atoms with E-state index in [2.05, 4.69) is 19.9 Å². The van der Waals surface area contributed by atoms with E-state index in [1.165, 1.54) is 6.07 Å². The largest absolute Gasteiger partial charge is 0.335 e. The van der Waals surface area contributed by atoms with E-state index in [-0.39, 0.29) is 17.3 Å². The van der Waals surface area contributed by atoms with Crippen molar-refractivity contribution < 1.29 is 9.18 Å². The number of rotatable bonds is 5. The third-order valence-corrected chi connectivity index (χ3v) is 6.21. The molecule has 4 heteroatoms. The number of carbonyl (C=O) groups excluding carboxylic acids is 1. The summed E-state index contributed by atoms with van der Waals surface area (Å²) in [6, 6.07) is 10.9. The van der Waals surface area contributed by atoms with E-state index in [0.29, 0.717) is 18.4 Å². The molecule has 4 rings (SSSR count). The summed E-state index contributed by atoms with van der Waals surface area (Å²) in [7, 11) is 0. The lowest BCUT2D eigenvalue weighted by Gasteiger charge is -2.27. The van der Waals surface area contributed by atoms with Crippen molar-refractivity contribution in [2.45, 2.75) is 39.3 Å². The van der Waals surface area contributed by atoms with Gasteiger partial charge in [-0.05, 0) is 62.4 Å². The highest BCUT2D eigenvalue weighted by atomic mass is 32.1. The first-order valence-corrected chi connectivity index (χ1v) is 8.97. The van der Waals surface area contributed by atoms with E-state index in [4.69, 9.17) is 0 Å². The first-order chi connectivity index (χ1) is 11.0. The maximum Gasteiger partial charge on any atom is 0.229 e. The van der Waals surface area contributed by atoms with Crippen LogP contribution in [-0.2, 0) is 11.3 Å². The molecule has 0 unspecified atom stereocenters. The number of halogens is 1. The van der Waals surface area contributed by atoms with E-state index in [1.807, 2.05) is 17.0 Å². The molecule has 0 atom stereocenters. The second-order valence-corrected chi connectivity index (χ2v) is 8.23. The van der Waals surface area contributed by atoms with Crippen molar-refractivity contribution in [1.82, 2.24) is 4.90 Å². The molecule has 0 aliphatic heterocycles. The Bertz CT molecular complexity index is 760. The number of fused-ring (bicyclic) bond motifs is 1. The summed E-state index contributed by atoms with van der Waals surface area (Å²) in [6.07, 6.45) is 2.18. The van der Waals surface area contributed by atoms with Gasteiger partial charge in [-0.25, -0.2) is 4.39 Å². The fourth-order valence-electron chi connectivity index (χ4n) is 3.25. The predicted molar refractivity (Wildman–Crippen MR) is 90.6 cm³/mol. The summed E-state index contributed by atoms with van der Waals surface area (Å²) in [5, 5.41) is 0. The summed E-state index contributed by atoms with van der Waals surface area (Å²) in [5.41, 5.74) is 0.916. The summed E-state index contributed by atoms with van der Waals surface area (Å²) in [5.74, 6) is 0.782. The van der Waals surface area contributed by atoms with Gasteiger partial charge in [0, 0.05) is 15.8 Å². The molecule has 0 radical (unpaired) electrons. The van der Waals surface area contributed by atoms with Crippen LogP contribution in [0.2, 0.25) is 0 Å². The lowest BCUT2D eigenvalue weighted by atomic mass is 10.1. The third kappa shape index (κ3) is 2.59. The highest BCUT2D eigenvalue weighted by Crippen LogP contribution is 2.76. The molecule has 120 valence electrons. The van der Waals surface area contributed by atoms with Crippen LogP contribution in [0, 0.1) is 17.2 Å². The number of thiophene rings is 1. The molecule has 0 saturated heterocycles. The summed E-state index contributed by atoms with van der Waals surface area (Å²) < 4.78 is 13.4. The number of hydrogen-bond acceptors (Lipinski definition) is 2. The molecule has 1 aromatic heterocycles. The van der Waals surface area contributed by atoms with E-state index in [0.717, 1.165) is 28.2 Å². The Labute approximate surface area is 139 Å². The van der Waals surface area contributed by atoms with Crippen LogP contribution in [-0.4, -0.2) is 16.8 Å². The van der Waals surface area contributed by atoms with Gasteiger partial charge in [0.15, 0.2) is 0 Å². The van der Waals surface area contributed by atoms with Crippen LogP contribution in [0.1, 0.15) is 31.6 Å². The smallest absolute Gasteiger partial charge is 0.229 e. The van der Waals surface area contributed by atoms with Crippen molar-refractivity contribution in [2.24, 2.45) is 11.3 Å². The fraction of sp³-hybridized carbons (Fsp3) is 0.421. The van der Waals surface area contributed by atoms with Gasteiger partial charge in [-0.3, -0.25) is 4.79 Å². The molecule has 2 aliphatic rings. The van der Waals surface area contributed by atoms with Crippen molar-refractivity contribution in [3.05, 3.63) is 47.1 Å². The van der Waals surface area contributed by atoms with E-state index < -0.39 is 0 Å². The van der Waals surface area contributed by atoms with Crippen molar-refractivity contribution >= 4 is 17.2 Å². The Kier molecular flexibility index (Phi) is 3.34. The van der Waals surface area contributed by atoms with Crippen LogP contribution in [0.15, 0.2) is 36.4 Å². The molecular formula is C19H20FNOS. The van der Waals surface area contributed by atoms with Gasteiger partial charge >= 0.3 is 0 Å². The zero-order chi connectivity index (χ0) is 16.2. The summed E-state index contributed by atoms with van der Waals surface area (Å²) in [6.45, 7) is 4.82. The summed E-state index contributed by atoms with van der Waals surface area (Å²) >= 11 is 1.64. The number of nitrogens with zero attached hydrogens (tertiary/aromatic N) is 1. The van der Waals surface area contributed by atoms with Gasteiger partial charge in [-0.2, -0.15) is 0 Å². The van der Waals surface area contributed by atoms with Gasteiger partial charge in [0.05, 0.1) is 12.0 Å². The maximum atomic E-state index is 13.4. The lowest BCUT2D eigenvalue weighted by molar-refractivity contribution is -0.137. The van der Waals surface area contributed by atoms with Crippen LogP contribution in [0.5, 0.6) is 0 Å². The average molecular weight is 329 g/mol. The maximum absolute atomic E-state index is 13.4. The zero-order valence-corrected chi connectivity index (χ0v) is 14.2. The number of amides is 1. The SMILES string of the molecule is CC(C)N(Cc1ccc(-c2cccc(F)c2)s1)C(=O)C12CC1C2. The van der Waals surface area contributed by atoms with E-state index in [1.54, 1.807) is 23.5 Å². The minimum atomic E-state index is -0.218. The number of hydrogen-bond donors (Lipinski definition) is 0. The van der Waals surface area contributed by atoms with Crippen LogP contribution in [0.3, 0.4) is 0 Å². The van der Waals surface area contributed by atoms with Gasteiger partial charge in [0.25, 0.3) is 0 Å². The van der Waals surface area contributed by atoms with Crippen molar-refractivity contribution in [3.63, 3.8) is 0 Å². The van der Waals surface area contributed by atoms with Gasteiger partial charge in [-0.15, -0.1) is 11.3 Å². The Morgan fingerprint density at radius 2 is 2.09 bits per heavy atom. The minimum Gasteiger partial charge on any atom is -0.335 e. The monoisotopic (exact) mass is 329 g/mol. The second-order valence-electron chi connectivity index (χ2n) is 7.06. The molecule has 0 bridgehead atoms. The minimum absolute atomic E-state index is 0.0208. The van der Waals surface area contributed by atoms with Crippen LogP contribution < -0.4 is 0 Å². The van der Waals surface area contributed by atoms with Gasteiger partial charge < -0.3 is 4.90 Å². The Hall–Kier alpha value is -1.68. The molecule has 23 heavy (non-hydrogen) atoms. The molecule has 0 N–H and O–H groups in total. The third-order valence-electron chi connectivity index (χ3n) is 5.09. The second kappa shape index (κ2) is 5.17. The molecule has 2 fully saturated rings. The Morgan fingerprint density at radius 1 is 1.35 bits per heavy atom. The van der Waals surface area contributed by atoms with E-state index in [9.17, 15) is 9.18 Å². The fourth-order valence-corrected chi connectivity index (χ4v) is 4.26. The molecule has 2 saturated carbocycles. The van der Waals surface area contributed by atoms with Crippen molar-refractivity contribution in [3.8, 4) is 10.4 Å². The Balaban J connectivity index is 1.53. The number of benzene rings is 1. The van der Waals surface area contributed by atoms with E-state index >= 15 is 0 Å². The van der Waals surface area contributed by atoms with Crippen LogP contribution in [0.25, 0.3) is 10.4 Å². The highest BCUT2D eigenvalue weighted by molar-refractivity contribution is 7.15. The quantitative estimate of drug-likeness (QED) is 0.778. The molecule has 1 amide bonds. The lowest BCUT2D eigenvalue weighted by Crippen LogP contribution is -2.38. The zero-order valence-electron chi connectivity index (χ0n) is 13.4. The molecule has 0 spiro atoms. The first-order valence-electron chi connectivity index (χ1n) is 8.15. The highest BCUT2D eigenvalue weighted by Gasteiger charge is 2.75. The Morgan fingerprint density at radius 3 is 2.70 bits per heavy atom. The standard InChI is InChI=1S/C19H20FNOS/c1-12(2)21(18(22)19-9-14(19)10-19)11-16-6-7-17(23-16)13-4-3-5-15(20)8-13/h3-8,12,14H,9-11H2,1-2H3. The van der Waals surface area contributed by atoms with Gasteiger partial charge in [-0.1, -0.05) is 12.1 Å². The number of carbonyl (C=O) groups is 1. The molecular weight excluding hydrogens is 309 g/mol. The van der Waals surface area contributed by atoms with Gasteiger partial charge in [0.1, 0.15) is 5.82 Å². The normalized spacial score (nSPS) is 24.4. The van der Waals surface area contributed by atoms with Gasteiger partial charge in [0.2, 0.25) is 5.91 Å². The van der Waals surface area contributed by atoms with Crippen LogP contribution >= 0.6 is 11.3 Å². The molecule has 1 aromatic carbocycles. The molecule has 2 aromatic rings. The van der Waals surface area contributed by atoms with Crippen molar-refractivity contribution in [2.75, 3.05) is 0 Å². The average Bonchev–Trinajstić information content (AvgIpc) is 3.32. The molecule has 2 nitrogen and oxygen atoms in total. The van der Waals surface area contributed by atoms with Crippen molar-refractivity contribution in [1.29, 1.82) is 0 Å².